The number of nitrogens with zero attached hydrogens (tertiary/aromatic N) is 3. The van der Waals surface area contributed by atoms with Gasteiger partial charge in [0.1, 0.15) is 0 Å². The monoisotopic (exact) mass is 542 g/mol. The van der Waals surface area contributed by atoms with E-state index in [0.717, 1.165) is 54.3 Å². The number of rotatable bonds is 7. The fourth-order valence-electron chi connectivity index (χ4n) is 4.31. The van der Waals surface area contributed by atoms with Crippen molar-refractivity contribution in [2.24, 2.45) is 0 Å². The topological polar surface area (TPSA) is 74.7 Å². The minimum Gasteiger partial charge on any atom is -0.369 e. The third-order valence-corrected chi connectivity index (χ3v) is 9.22. The number of piperazine rings is 1. The molecule has 0 saturated carbocycles. The molecule has 1 aromatic heterocycles. The molecule has 0 unspecified atom stereocenters. The molecule has 0 amide bonds. The summed E-state index contributed by atoms with van der Waals surface area (Å²) < 4.78 is 30.9. The Morgan fingerprint density at radius 2 is 1.69 bits per heavy atom. The zero-order chi connectivity index (χ0) is 25.3. The van der Waals surface area contributed by atoms with Crippen LogP contribution < -0.4 is 14.5 Å². The van der Waals surface area contributed by atoms with Crippen molar-refractivity contribution in [1.82, 2.24) is 14.2 Å². The number of halogens is 1. The van der Waals surface area contributed by atoms with E-state index in [9.17, 15) is 13.2 Å². The molecule has 0 atom stereocenters. The highest BCUT2D eigenvalue weighted by atomic mass is 35.5. The minimum atomic E-state index is -3.75. The Labute approximate surface area is 219 Å². The first kappa shape index (κ1) is 25.0. The number of hydrogen-bond donors (Lipinski definition) is 1. The van der Waals surface area contributed by atoms with Gasteiger partial charge in [0.05, 0.1) is 21.7 Å². The molecule has 0 aliphatic carbocycles. The fraction of sp³-hybridized carbons (Fsp3) is 0.269. The maximum Gasteiger partial charge on any atom is 0.308 e. The predicted molar refractivity (Wildman–Crippen MR) is 147 cm³/mol. The molecule has 3 aromatic carbocycles. The summed E-state index contributed by atoms with van der Waals surface area (Å²) >= 11 is 7.29. The second-order valence-corrected chi connectivity index (χ2v) is 12.1. The number of anilines is 1. The number of sulfonamides is 1. The molecule has 1 N–H and O–H groups in total. The number of hydrogen-bond acceptors (Lipinski definition) is 6. The normalized spacial score (nSPS) is 15.0. The summed E-state index contributed by atoms with van der Waals surface area (Å²) in [4.78, 5) is 17.3. The van der Waals surface area contributed by atoms with Gasteiger partial charge in [0.2, 0.25) is 10.0 Å². The lowest BCUT2D eigenvalue weighted by molar-refractivity contribution is 0.313. The third kappa shape index (κ3) is 5.35. The molecule has 0 bridgehead atoms. The van der Waals surface area contributed by atoms with Gasteiger partial charge >= 0.3 is 4.87 Å². The number of benzene rings is 3. The lowest BCUT2D eigenvalue weighted by atomic mass is 10.2. The van der Waals surface area contributed by atoms with Gasteiger partial charge in [-0.25, -0.2) is 13.1 Å². The Morgan fingerprint density at radius 3 is 2.42 bits per heavy atom. The molecule has 1 aliphatic rings. The highest BCUT2D eigenvalue weighted by molar-refractivity contribution is 7.89. The van der Waals surface area contributed by atoms with E-state index in [1.54, 1.807) is 22.8 Å². The Morgan fingerprint density at radius 1 is 0.972 bits per heavy atom. The van der Waals surface area contributed by atoms with Gasteiger partial charge in [-0.15, -0.1) is 0 Å². The van der Waals surface area contributed by atoms with Crippen molar-refractivity contribution in [3.8, 4) is 0 Å². The largest absolute Gasteiger partial charge is 0.369 e. The first-order chi connectivity index (χ1) is 17.3. The first-order valence-electron chi connectivity index (χ1n) is 11.7. The average Bonchev–Trinajstić information content (AvgIpc) is 3.19. The maximum atomic E-state index is 13.0. The van der Waals surface area contributed by atoms with Crippen LogP contribution in [0.1, 0.15) is 11.1 Å². The summed E-state index contributed by atoms with van der Waals surface area (Å²) in [6, 6.07) is 20.2. The second kappa shape index (κ2) is 10.4. The van der Waals surface area contributed by atoms with Gasteiger partial charge in [-0.05, 0) is 54.6 Å². The lowest BCUT2D eigenvalue weighted by Gasteiger charge is -2.34. The van der Waals surface area contributed by atoms with E-state index < -0.39 is 10.0 Å². The van der Waals surface area contributed by atoms with Crippen LogP contribution in [0, 0.1) is 0 Å². The molecule has 4 aromatic rings. The van der Waals surface area contributed by atoms with E-state index >= 15 is 0 Å². The lowest BCUT2D eigenvalue weighted by Crippen LogP contribution is -2.44. The molecule has 5 rings (SSSR count). The van der Waals surface area contributed by atoms with Crippen molar-refractivity contribution in [1.29, 1.82) is 0 Å². The van der Waals surface area contributed by atoms with Crippen molar-refractivity contribution >= 4 is 48.9 Å². The van der Waals surface area contributed by atoms with Crippen LogP contribution in [0.15, 0.2) is 76.4 Å². The van der Waals surface area contributed by atoms with Gasteiger partial charge in [-0.3, -0.25) is 9.36 Å². The van der Waals surface area contributed by atoms with Gasteiger partial charge < -0.3 is 9.80 Å². The number of fused-ring (bicyclic) bond motifs is 1. The Hall–Kier alpha value is -2.69. The number of likely N-dealkylation sites (N-methyl/N-ethyl adjacent to an activating group) is 1. The van der Waals surface area contributed by atoms with Crippen LogP contribution in [0.25, 0.3) is 10.2 Å². The van der Waals surface area contributed by atoms with E-state index in [4.69, 9.17) is 11.6 Å². The zero-order valence-electron chi connectivity index (χ0n) is 19.9. The van der Waals surface area contributed by atoms with Crippen LogP contribution in [0.4, 0.5) is 5.69 Å². The van der Waals surface area contributed by atoms with E-state index in [1.165, 1.54) is 6.07 Å². The summed E-state index contributed by atoms with van der Waals surface area (Å²) in [6.07, 6.45) is 0. The standard InChI is InChI=1S/C26H27ClN4O3S2/c1-29-12-14-30(15-13-29)21-8-6-19(7-9-21)17-28-36(33,34)22-10-11-24-25(16-22)35-26(32)31(24)18-20-4-2-3-5-23(20)27/h2-11,16,28H,12-15,17-18H2,1H3. The van der Waals surface area contributed by atoms with Crippen LogP contribution >= 0.6 is 22.9 Å². The summed E-state index contributed by atoms with van der Waals surface area (Å²) in [5.74, 6) is 0. The maximum absolute atomic E-state index is 13.0. The summed E-state index contributed by atoms with van der Waals surface area (Å²) in [5, 5.41) is 0.587. The predicted octanol–water partition coefficient (Wildman–Crippen LogP) is 4.00. The fourth-order valence-corrected chi connectivity index (χ4v) is 6.56. The number of thiazole rings is 1. The number of aromatic nitrogens is 1. The molecule has 10 heteroatoms. The zero-order valence-corrected chi connectivity index (χ0v) is 22.2. The second-order valence-electron chi connectivity index (χ2n) is 8.96. The van der Waals surface area contributed by atoms with Gasteiger partial charge in [-0.1, -0.05) is 53.3 Å². The van der Waals surface area contributed by atoms with Crippen LogP contribution in [0.3, 0.4) is 0 Å². The molecule has 188 valence electrons. The molecule has 1 fully saturated rings. The molecule has 36 heavy (non-hydrogen) atoms. The average molecular weight is 543 g/mol. The van der Waals surface area contributed by atoms with Crippen LogP contribution in [-0.2, 0) is 23.1 Å². The summed E-state index contributed by atoms with van der Waals surface area (Å²) in [7, 11) is -1.62. The van der Waals surface area contributed by atoms with Crippen molar-refractivity contribution < 1.29 is 8.42 Å². The quantitative estimate of drug-likeness (QED) is 0.382. The van der Waals surface area contributed by atoms with Gasteiger partial charge in [-0.2, -0.15) is 0 Å². The first-order valence-corrected chi connectivity index (χ1v) is 14.4. The van der Waals surface area contributed by atoms with Crippen LogP contribution in [0.2, 0.25) is 5.02 Å². The minimum absolute atomic E-state index is 0.134. The Balaban J connectivity index is 1.29. The molecular weight excluding hydrogens is 516 g/mol. The summed E-state index contributed by atoms with van der Waals surface area (Å²) in [5.41, 5.74) is 3.55. The van der Waals surface area contributed by atoms with E-state index in [2.05, 4.69) is 21.6 Å². The molecular formula is C26H27ClN4O3S2. The highest BCUT2D eigenvalue weighted by Crippen LogP contribution is 2.24. The molecule has 2 heterocycles. The summed E-state index contributed by atoms with van der Waals surface area (Å²) in [6.45, 7) is 4.54. The van der Waals surface area contributed by atoms with Gasteiger partial charge in [0.25, 0.3) is 0 Å². The van der Waals surface area contributed by atoms with Crippen molar-refractivity contribution in [3.63, 3.8) is 0 Å². The highest BCUT2D eigenvalue weighted by Gasteiger charge is 2.18. The Kier molecular flexibility index (Phi) is 7.18. The SMILES string of the molecule is CN1CCN(c2ccc(CNS(=O)(=O)c3ccc4c(c3)sc(=O)n4Cc3ccccc3Cl)cc2)CC1. The van der Waals surface area contributed by atoms with Crippen molar-refractivity contribution in [2.75, 3.05) is 38.1 Å². The van der Waals surface area contributed by atoms with Gasteiger partial charge in [0.15, 0.2) is 0 Å². The molecule has 1 saturated heterocycles. The molecule has 0 radical (unpaired) electrons. The van der Waals surface area contributed by atoms with E-state index in [1.807, 2.05) is 42.5 Å². The molecule has 0 spiro atoms. The smallest absolute Gasteiger partial charge is 0.308 e. The van der Waals surface area contributed by atoms with E-state index in [-0.39, 0.29) is 16.3 Å². The van der Waals surface area contributed by atoms with Gasteiger partial charge in [0, 0.05) is 43.4 Å². The van der Waals surface area contributed by atoms with Crippen LogP contribution in [-0.4, -0.2) is 51.1 Å². The number of nitrogens with one attached hydrogen (secondary N) is 1. The van der Waals surface area contributed by atoms with Crippen LogP contribution in [0.5, 0.6) is 0 Å². The Bertz CT molecular complexity index is 1540. The van der Waals surface area contributed by atoms with E-state index in [0.29, 0.717) is 21.8 Å². The third-order valence-electron chi connectivity index (χ3n) is 6.51. The molecule has 1 aliphatic heterocycles. The van der Waals surface area contributed by atoms with Crippen molar-refractivity contribution in [2.45, 2.75) is 18.0 Å². The molecule has 7 nitrogen and oxygen atoms in total. The van der Waals surface area contributed by atoms with Crippen molar-refractivity contribution in [3.05, 3.63) is 92.5 Å².